The number of piperidine rings is 1. The van der Waals surface area contributed by atoms with Crippen molar-refractivity contribution in [3.05, 3.63) is 116 Å². The van der Waals surface area contributed by atoms with Crippen molar-refractivity contribution in [2.24, 2.45) is 0 Å². The molecule has 3 aromatic heterocycles. The third-order valence-corrected chi connectivity index (χ3v) is 11.4. The number of aryl methyl sites for hydroxylation is 3. The van der Waals surface area contributed by atoms with Gasteiger partial charge in [-0.3, -0.25) is 28.9 Å². The molecular weight excluding hydrogens is 675 g/mol. The lowest BCUT2D eigenvalue weighted by molar-refractivity contribution is -0.136. The van der Waals surface area contributed by atoms with Crippen molar-refractivity contribution in [2.45, 2.75) is 90.6 Å². The van der Waals surface area contributed by atoms with Crippen molar-refractivity contribution in [1.82, 2.24) is 34.8 Å². The highest BCUT2D eigenvalue weighted by Gasteiger charge is 2.39. The van der Waals surface area contributed by atoms with E-state index >= 15 is 0 Å². The van der Waals surface area contributed by atoms with Crippen molar-refractivity contribution in [1.29, 1.82) is 0 Å². The number of unbranched alkanes of at least 4 members (excludes halogenated alkanes) is 2. The van der Waals surface area contributed by atoms with Gasteiger partial charge in [-0.1, -0.05) is 60.7 Å². The molecule has 8 rings (SSSR count). The van der Waals surface area contributed by atoms with Gasteiger partial charge in [-0.05, 0) is 74.3 Å². The second kappa shape index (κ2) is 14.3. The highest BCUT2D eigenvalue weighted by molar-refractivity contribution is 7.15. The molecule has 1 N–H and O–H groups in total. The van der Waals surface area contributed by atoms with Crippen molar-refractivity contribution >= 4 is 29.1 Å². The Morgan fingerprint density at radius 1 is 1.00 bits per heavy atom. The van der Waals surface area contributed by atoms with Crippen LogP contribution in [-0.4, -0.2) is 53.2 Å². The molecule has 0 aliphatic carbocycles. The van der Waals surface area contributed by atoms with Gasteiger partial charge in [-0.15, -0.1) is 21.5 Å². The zero-order chi connectivity index (χ0) is 35.8. The van der Waals surface area contributed by atoms with E-state index in [9.17, 15) is 14.4 Å². The molecular formula is C40H39N7O4S. The van der Waals surface area contributed by atoms with E-state index in [2.05, 4.69) is 67.4 Å². The number of carbonyl (C=O) groups excluding carboxylic acids is 3. The molecule has 11 nitrogen and oxygen atoms in total. The van der Waals surface area contributed by atoms with Crippen LogP contribution in [0, 0.1) is 18.8 Å². The molecule has 264 valence electrons. The molecule has 0 bridgehead atoms. The van der Waals surface area contributed by atoms with Gasteiger partial charge < -0.3 is 9.64 Å². The zero-order valence-electron chi connectivity index (χ0n) is 29.2. The van der Waals surface area contributed by atoms with Crippen LogP contribution in [0.3, 0.4) is 0 Å². The van der Waals surface area contributed by atoms with Crippen molar-refractivity contribution < 1.29 is 19.1 Å². The van der Waals surface area contributed by atoms with Crippen molar-refractivity contribution in [3.8, 4) is 16.8 Å². The van der Waals surface area contributed by atoms with Gasteiger partial charge in [0.05, 0.1) is 23.2 Å². The Morgan fingerprint density at radius 2 is 1.87 bits per heavy atom. The van der Waals surface area contributed by atoms with Crippen LogP contribution in [0.4, 0.5) is 0 Å². The number of thiophene rings is 1. The van der Waals surface area contributed by atoms with Crippen LogP contribution in [0.2, 0.25) is 0 Å². The minimum Gasteiger partial charge on any atom is -0.366 e. The topological polar surface area (TPSA) is 124 Å². The highest BCUT2D eigenvalue weighted by atomic mass is 32.1. The van der Waals surface area contributed by atoms with E-state index in [4.69, 9.17) is 4.74 Å². The number of carbonyl (C=O) groups is 3. The Bertz CT molecular complexity index is 2240. The standard InChI is InChI=1S/C40H39N7O4S/c1-25-37-44-43-26(2)47(37)40-33(24-51-25)31(20-27-10-5-3-6-11-27)35(52-40)17-15-28-21-41-45(22-28)19-8-4-7-12-29-13-9-14-30-32(29)23-46(39(30)50)34-16-18-36(48)42-38(34)49/h3,5-6,9-11,13-14,21-22,25,34H,4,7-8,12,16,18-20,23-24H2,1-2H3,(H,42,48,49)/t25-,34?/m0/s1. The predicted molar refractivity (Wildman–Crippen MR) is 195 cm³/mol. The summed E-state index contributed by atoms with van der Waals surface area (Å²) in [5.74, 6) is 7.71. The van der Waals surface area contributed by atoms with Crippen LogP contribution >= 0.6 is 11.3 Å². The second-order valence-corrected chi connectivity index (χ2v) is 14.6. The first-order chi connectivity index (χ1) is 25.3. The van der Waals surface area contributed by atoms with E-state index in [1.165, 1.54) is 11.1 Å². The summed E-state index contributed by atoms with van der Waals surface area (Å²) in [5.41, 5.74) is 7.21. The zero-order valence-corrected chi connectivity index (χ0v) is 30.0. The van der Waals surface area contributed by atoms with E-state index < -0.39 is 6.04 Å². The summed E-state index contributed by atoms with van der Waals surface area (Å²) < 4.78 is 10.3. The summed E-state index contributed by atoms with van der Waals surface area (Å²) in [6, 6.07) is 15.7. The highest BCUT2D eigenvalue weighted by Crippen LogP contribution is 2.39. The second-order valence-electron chi connectivity index (χ2n) is 13.6. The molecule has 2 atom stereocenters. The summed E-state index contributed by atoms with van der Waals surface area (Å²) in [7, 11) is 0. The minimum absolute atomic E-state index is 0.131. The number of nitrogens with one attached hydrogen (secondary N) is 1. The average Bonchev–Trinajstić information content (AvgIpc) is 3.90. The lowest BCUT2D eigenvalue weighted by Gasteiger charge is -2.29. The van der Waals surface area contributed by atoms with Crippen LogP contribution in [-0.2, 0) is 46.9 Å². The van der Waals surface area contributed by atoms with Gasteiger partial charge in [-0.2, -0.15) is 5.10 Å². The minimum atomic E-state index is -0.600. The summed E-state index contributed by atoms with van der Waals surface area (Å²) in [4.78, 5) is 39.9. The summed E-state index contributed by atoms with van der Waals surface area (Å²) in [5, 5.41) is 16.8. The van der Waals surface area contributed by atoms with Crippen molar-refractivity contribution in [3.63, 3.8) is 0 Å². The number of hydrogen-bond donors (Lipinski definition) is 1. The van der Waals surface area contributed by atoms with Crippen LogP contribution < -0.4 is 5.32 Å². The fourth-order valence-corrected chi connectivity index (χ4v) is 8.64. The summed E-state index contributed by atoms with van der Waals surface area (Å²) in [6.07, 6.45) is 8.84. The molecule has 52 heavy (non-hydrogen) atoms. The first-order valence-electron chi connectivity index (χ1n) is 17.9. The maximum absolute atomic E-state index is 13.2. The lowest BCUT2D eigenvalue weighted by atomic mass is 9.98. The molecule has 2 aromatic carbocycles. The van der Waals surface area contributed by atoms with E-state index in [1.54, 1.807) is 16.2 Å². The third-order valence-electron chi connectivity index (χ3n) is 10.2. The predicted octanol–water partition coefficient (Wildman–Crippen LogP) is 5.59. The Hall–Kier alpha value is -5.38. The number of rotatable bonds is 9. The molecule has 12 heteroatoms. The average molecular weight is 714 g/mol. The molecule has 6 heterocycles. The van der Waals surface area contributed by atoms with Gasteiger partial charge in [0.2, 0.25) is 11.8 Å². The largest absolute Gasteiger partial charge is 0.366 e. The number of ether oxygens (including phenoxy) is 1. The van der Waals surface area contributed by atoms with Gasteiger partial charge in [0.15, 0.2) is 5.82 Å². The number of hydrogen-bond acceptors (Lipinski definition) is 8. The lowest BCUT2D eigenvalue weighted by Crippen LogP contribution is -2.52. The number of nitrogens with zero attached hydrogens (tertiary/aromatic N) is 6. The van der Waals surface area contributed by atoms with E-state index in [-0.39, 0.29) is 30.2 Å². The molecule has 0 radical (unpaired) electrons. The molecule has 1 unspecified atom stereocenters. The quantitative estimate of drug-likeness (QED) is 0.120. The van der Waals surface area contributed by atoms with E-state index in [1.807, 2.05) is 49.1 Å². The molecule has 3 aliphatic rings. The fourth-order valence-electron chi connectivity index (χ4n) is 7.41. The van der Waals surface area contributed by atoms with Gasteiger partial charge in [0, 0.05) is 36.8 Å². The first kappa shape index (κ1) is 33.7. The number of amides is 3. The molecule has 3 amide bonds. The van der Waals surface area contributed by atoms with Gasteiger partial charge >= 0.3 is 0 Å². The summed E-state index contributed by atoms with van der Waals surface area (Å²) >= 11 is 1.67. The number of aromatic nitrogens is 5. The molecule has 5 aromatic rings. The number of imide groups is 1. The molecule has 0 saturated carbocycles. The summed E-state index contributed by atoms with van der Waals surface area (Å²) in [6.45, 7) is 5.68. The van der Waals surface area contributed by atoms with E-state index in [0.717, 1.165) is 82.4 Å². The maximum atomic E-state index is 13.2. The number of benzene rings is 2. The van der Waals surface area contributed by atoms with Crippen LogP contribution in [0.5, 0.6) is 0 Å². The Labute approximate surface area is 306 Å². The van der Waals surface area contributed by atoms with Crippen molar-refractivity contribution in [2.75, 3.05) is 0 Å². The van der Waals surface area contributed by atoms with Gasteiger partial charge in [0.25, 0.3) is 5.91 Å². The first-order valence-corrected chi connectivity index (χ1v) is 18.7. The maximum Gasteiger partial charge on any atom is 0.255 e. The monoisotopic (exact) mass is 713 g/mol. The SMILES string of the molecule is Cc1nnc2n1-c1sc(C#Cc3cnn(CCCCCc4cccc5c4CN(C4CCC(=O)NC4=O)C5=O)c3)c(Cc3ccccc3)c1CO[C@H]2C. The number of fused-ring (bicyclic) bond motifs is 4. The third kappa shape index (κ3) is 6.58. The van der Waals surface area contributed by atoms with Crippen LogP contribution in [0.1, 0.15) is 105 Å². The Kier molecular flexibility index (Phi) is 9.30. The Balaban J connectivity index is 0.912. The van der Waals surface area contributed by atoms with Crippen LogP contribution in [0.25, 0.3) is 5.00 Å². The normalized spacial score (nSPS) is 18.0. The van der Waals surface area contributed by atoms with Gasteiger partial charge in [0.1, 0.15) is 23.0 Å². The van der Waals surface area contributed by atoms with Gasteiger partial charge in [-0.25, -0.2) is 0 Å². The Morgan fingerprint density at radius 3 is 2.71 bits per heavy atom. The molecule has 3 aliphatic heterocycles. The molecule has 1 saturated heterocycles. The smallest absolute Gasteiger partial charge is 0.255 e. The fraction of sp³-hybridized carbons (Fsp3) is 0.350. The van der Waals surface area contributed by atoms with E-state index in [0.29, 0.717) is 25.1 Å². The molecule has 1 fully saturated rings. The van der Waals surface area contributed by atoms with Crippen LogP contribution in [0.15, 0.2) is 60.9 Å². The molecule has 0 spiro atoms.